The van der Waals surface area contributed by atoms with Gasteiger partial charge in [-0.15, -0.1) is 0 Å². The Bertz CT molecular complexity index is 841. The second-order valence-electron chi connectivity index (χ2n) is 7.54. The van der Waals surface area contributed by atoms with Crippen LogP contribution in [0.25, 0.3) is 0 Å². The Morgan fingerprint density at radius 3 is 2.45 bits per heavy atom. The van der Waals surface area contributed by atoms with Crippen LogP contribution in [-0.2, 0) is 4.74 Å². The fourth-order valence-electron chi connectivity index (χ4n) is 3.90. The van der Waals surface area contributed by atoms with Crippen LogP contribution in [-0.4, -0.2) is 62.1 Å². The highest BCUT2D eigenvalue weighted by molar-refractivity contribution is 5.99. The van der Waals surface area contributed by atoms with Crippen LogP contribution in [0.5, 0.6) is 0 Å². The molecule has 0 aliphatic carbocycles. The Labute approximate surface area is 171 Å². The number of amides is 2. The molecule has 6 heteroatoms. The largest absolute Gasteiger partial charge is 0.376 e. The number of ether oxygens (including phenoxy) is 1. The van der Waals surface area contributed by atoms with Crippen molar-refractivity contribution < 1.29 is 14.3 Å². The van der Waals surface area contributed by atoms with Gasteiger partial charge in [0, 0.05) is 56.1 Å². The average Bonchev–Trinajstić information content (AvgIpc) is 3.31. The molecule has 0 saturated carbocycles. The predicted octanol–water partition coefficient (Wildman–Crippen LogP) is 2.56. The molecule has 6 nitrogen and oxygen atoms in total. The number of hydrogen-bond donors (Lipinski definition) is 1. The molecule has 1 unspecified atom stereocenters. The Kier molecular flexibility index (Phi) is 6.10. The first kappa shape index (κ1) is 19.5. The van der Waals surface area contributed by atoms with E-state index in [1.165, 1.54) is 5.69 Å². The number of carbonyl (C=O) groups is 2. The Balaban J connectivity index is 1.34. The molecular formula is C23H27N3O3. The molecule has 152 valence electrons. The summed E-state index contributed by atoms with van der Waals surface area (Å²) in [4.78, 5) is 29.5. The standard InChI is InChI=1S/C23H27N3O3/c27-22(24-17-21-10-5-15-29-21)18-6-4-7-19(16-18)23(28)26-13-11-25(12-14-26)20-8-2-1-3-9-20/h1-4,6-9,16,21H,5,10-15,17H2,(H,24,27). The molecule has 0 aromatic heterocycles. The van der Waals surface area contributed by atoms with E-state index < -0.39 is 0 Å². The van der Waals surface area contributed by atoms with Gasteiger partial charge in [-0.3, -0.25) is 9.59 Å². The summed E-state index contributed by atoms with van der Waals surface area (Å²) in [5, 5.41) is 2.92. The fraction of sp³-hybridized carbons (Fsp3) is 0.391. The second-order valence-corrected chi connectivity index (χ2v) is 7.54. The molecule has 1 atom stereocenters. The molecule has 2 amide bonds. The molecule has 2 aliphatic heterocycles. The van der Waals surface area contributed by atoms with Crippen LogP contribution in [0.3, 0.4) is 0 Å². The van der Waals surface area contributed by atoms with Crippen LogP contribution in [0.15, 0.2) is 54.6 Å². The molecule has 0 bridgehead atoms. The number of para-hydroxylation sites is 1. The van der Waals surface area contributed by atoms with E-state index in [1.807, 2.05) is 23.1 Å². The summed E-state index contributed by atoms with van der Waals surface area (Å²) < 4.78 is 5.54. The quantitative estimate of drug-likeness (QED) is 0.848. The Morgan fingerprint density at radius 1 is 0.966 bits per heavy atom. The van der Waals surface area contributed by atoms with Gasteiger partial charge < -0.3 is 19.9 Å². The number of hydrogen-bond acceptors (Lipinski definition) is 4. The first-order chi connectivity index (χ1) is 14.2. The van der Waals surface area contributed by atoms with Gasteiger partial charge in [-0.2, -0.15) is 0 Å². The van der Waals surface area contributed by atoms with Crippen molar-refractivity contribution in [3.05, 3.63) is 65.7 Å². The highest BCUT2D eigenvalue weighted by Crippen LogP contribution is 2.17. The summed E-state index contributed by atoms with van der Waals surface area (Å²) in [6, 6.07) is 17.2. The normalized spacial score (nSPS) is 19.2. The minimum absolute atomic E-state index is 0.0218. The van der Waals surface area contributed by atoms with Crippen molar-refractivity contribution in [1.82, 2.24) is 10.2 Å². The third-order valence-corrected chi connectivity index (χ3v) is 5.57. The number of carbonyl (C=O) groups excluding carboxylic acids is 2. The fourth-order valence-corrected chi connectivity index (χ4v) is 3.90. The highest BCUT2D eigenvalue weighted by Gasteiger charge is 2.23. The zero-order chi connectivity index (χ0) is 20.1. The van der Waals surface area contributed by atoms with Crippen molar-refractivity contribution in [2.75, 3.05) is 44.2 Å². The summed E-state index contributed by atoms with van der Waals surface area (Å²) in [7, 11) is 0. The van der Waals surface area contributed by atoms with Crippen molar-refractivity contribution in [2.24, 2.45) is 0 Å². The lowest BCUT2D eigenvalue weighted by molar-refractivity contribution is 0.0746. The van der Waals surface area contributed by atoms with Gasteiger partial charge in [-0.25, -0.2) is 0 Å². The summed E-state index contributed by atoms with van der Waals surface area (Å²) in [6.45, 7) is 4.22. The van der Waals surface area contributed by atoms with Crippen molar-refractivity contribution in [1.29, 1.82) is 0 Å². The minimum Gasteiger partial charge on any atom is -0.376 e. The molecular weight excluding hydrogens is 366 g/mol. The predicted molar refractivity (Wildman–Crippen MR) is 112 cm³/mol. The lowest BCUT2D eigenvalue weighted by Gasteiger charge is -2.36. The molecule has 1 N–H and O–H groups in total. The van der Waals surface area contributed by atoms with Gasteiger partial charge in [-0.05, 0) is 43.2 Å². The third kappa shape index (κ3) is 4.77. The molecule has 29 heavy (non-hydrogen) atoms. The lowest BCUT2D eigenvalue weighted by atomic mass is 10.1. The van der Waals surface area contributed by atoms with Crippen LogP contribution in [0.1, 0.15) is 33.6 Å². The molecule has 2 saturated heterocycles. The van der Waals surface area contributed by atoms with Gasteiger partial charge >= 0.3 is 0 Å². The van der Waals surface area contributed by atoms with Gasteiger partial charge in [-0.1, -0.05) is 24.3 Å². The van der Waals surface area contributed by atoms with E-state index in [0.717, 1.165) is 32.5 Å². The van der Waals surface area contributed by atoms with Gasteiger partial charge in [0.15, 0.2) is 0 Å². The van der Waals surface area contributed by atoms with Gasteiger partial charge in [0.1, 0.15) is 0 Å². The number of nitrogens with one attached hydrogen (secondary N) is 1. The first-order valence-corrected chi connectivity index (χ1v) is 10.3. The molecule has 2 fully saturated rings. The van der Waals surface area contributed by atoms with Gasteiger partial charge in [0.2, 0.25) is 0 Å². The van der Waals surface area contributed by atoms with Gasteiger partial charge in [0.25, 0.3) is 11.8 Å². The monoisotopic (exact) mass is 393 g/mol. The molecule has 2 aromatic rings. The van der Waals surface area contributed by atoms with Crippen LogP contribution in [0.2, 0.25) is 0 Å². The van der Waals surface area contributed by atoms with Crippen molar-refractivity contribution in [3.8, 4) is 0 Å². The minimum atomic E-state index is -0.163. The number of piperazine rings is 1. The van der Waals surface area contributed by atoms with Crippen molar-refractivity contribution in [3.63, 3.8) is 0 Å². The number of anilines is 1. The Morgan fingerprint density at radius 2 is 1.72 bits per heavy atom. The molecule has 0 radical (unpaired) electrons. The van der Waals surface area contributed by atoms with E-state index in [-0.39, 0.29) is 17.9 Å². The summed E-state index contributed by atoms with van der Waals surface area (Å²) >= 11 is 0. The van der Waals surface area contributed by atoms with Crippen LogP contribution in [0, 0.1) is 0 Å². The van der Waals surface area contributed by atoms with E-state index in [2.05, 4.69) is 22.3 Å². The molecule has 2 aromatic carbocycles. The van der Waals surface area contributed by atoms with Crippen LogP contribution in [0.4, 0.5) is 5.69 Å². The van der Waals surface area contributed by atoms with E-state index in [9.17, 15) is 9.59 Å². The van der Waals surface area contributed by atoms with E-state index in [4.69, 9.17) is 4.74 Å². The molecule has 0 spiro atoms. The number of nitrogens with zero attached hydrogens (tertiary/aromatic N) is 2. The van der Waals surface area contributed by atoms with Crippen molar-refractivity contribution in [2.45, 2.75) is 18.9 Å². The summed E-state index contributed by atoms with van der Waals surface area (Å²) in [6.07, 6.45) is 2.13. The summed E-state index contributed by atoms with van der Waals surface area (Å²) in [5.74, 6) is -0.185. The summed E-state index contributed by atoms with van der Waals surface area (Å²) in [5.41, 5.74) is 2.25. The molecule has 2 aliphatic rings. The lowest BCUT2D eigenvalue weighted by Crippen LogP contribution is -2.48. The van der Waals surface area contributed by atoms with Crippen molar-refractivity contribution >= 4 is 17.5 Å². The highest BCUT2D eigenvalue weighted by atomic mass is 16.5. The SMILES string of the molecule is O=C(NCC1CCCO1)c1cccc(C(=O)N2CCN(c3ccccc3)CC2)c1. The van der Waals surface area contributed by atoms with E-state index in [0.29, 0.717) is 30.8 Å². The van der Waals surface area contributed by atoms with Crippen LogP contribution < -0.4 is 10.2 Å². The zero-order valence-corrected chi connectivity index (χ0v) is 16.5. The third-order valence-electron chi connectivity index (χ3n) is 5.57. The maximum atomic E-state index is 12.9. The molecule has 4 rings (SSSR count). The maximum Gasteiger partial charge on any atom is 0.253 e. The average molecular weight is 393 g/mol. The van der Waals surface area contributed by atoms with E-state index >= 15 is 0 Å². The molecule has 2 heterocycles. The number of rotatable bonds is 5. The zero-order valence-electron chi connectivity index (χ0n) is 16.5. The van der Waals surface area contributed by atoms with Gasteiger partial charge in [0.05, 0.1) is 6.10 Å². The van der Waals surface area contributed by atoms with E-state index in [1.54, 1.807) is 24.3 Å². The first-order valence-electron chi connectivity index (χ1n) is 10.3. The topological polar surface area (TPSA) is 61.9 Å². The second kappa shape index (κ2) is 9.09. The maximum absolute atomic E-state index is 12.9. The van der Waals surface area contributed by atoms with Crippen LogP contribution >= 0.6 is 0 Å². The smallest absolute Gasteiger partial charge is 0.253 e. The Hall–Kier alpha value is -2.86. The number of benzene rings is 2.